The average Bonchev–Trinajstić information content (AvgIpc) is 2.30. The standard InChI is InChI=1S/C12H13BrN2O3/c1-7-11(16)15-9-6-8(2-3-10(9)18-7)4-5-14-12(13)17/h2-3,6-7H,4-5H2,1H3,(H,14,17)(H,15,16). The van der Waals surface area contributed by atoms with Gasteiger partial charge in [-0.3, -0.25) is 9.59 Å². The molecule has 2 rings (SSSR count). The van der Waals surface area contributed by atoms with Gasteiger partial charge >= 0.3 is 0 Å². The number of halogens is 1. The summed E-state index contributed by atoms with van der Waals surface area (Å²) in [6, 6.07) is 5.61. The van der Waals surface area contributed by atoms with Gasteiger partial charge in [0.05, 0.1) is 5.69 Å². The van der Waals surface area contributed by atoms with Gasteiger partial charge in [0.15, 0.2) is 6.10 Å². The lowest BCUT2D eigenvalue weighted by atomic mass is 10.1. The number of amides is 2. The highest BCUT2D eigenvalue weighted by molar-refractivity contribution is 9.18. The van der Waals surface area contributed by atoms with Crippen LogP contribution in [0.5, 0.6) is 5.75 Å². The third-order valence-corrected chi connectivity index (χ3v) is 2.93. The molecule has 2 amide bonds. The van der Waals surface area contributed by atoms with Crippen molar-refractivity contribution in [1.29, 1.82) is 0 Å². The number of anilines is 1. The highest BCUT2D eigenvalue weighted by atomic mass is 79.9. The number of benzene rings is 1. The van der Waals surface area contributed by atoms with Crippen molar-refractivity contribution in [3.05, 3.63) is 23.8 Å². The second-order valence-corrected chi connectivity index (χ2v) is 4.75. The summed E-state index contributed by atoms with van der Waals surface area (Å²) in [4.78, 5) is 21.9. The van der Waals surface area contributed by atoms with Gasteiger partial charge in [-0.1, -0.05) is 6.07 Å². The van der Waals surface area contributed by atoms with Crippen molar-refractivity contribution in [3.63, 3.8) is 0 Å². The largest absolute Gasteiger partial charge is 0.479 e. The molecular weight excluding hydrogens is 300 g/mol. The summed E-state index contributed by atoms with van der Waals surface area (Å²) in [6.07, 6.45) is 0.229. The molecule has 1 aromatic carbocycles. The van der Waals surface area contributed by atoms with Gasteiger partial charge in [0, 0.05) is 22.5 Å². The van der Waals surface area contributed by atoms with Crippen molar-refractivity contribution in [2.45, 2.75) is 19.4 Å². The minimum absolute atomic E-state index is 0.145. The molecule has 0 fully saturated rings. The first kappa shape index (κ1) is 12.9. The molecule has 0 aromatic heterocycles. The van der Waals surface area contributed by atoms with Crippen LogP contribution in [0, 0.1) is 0 Å². The van der Waals surface area contributed by atoms with Gasteiger partial charge in [-0.25, -0.2) is 0 Å². The maximum atomic E-state index is 11.5. The minimum Gasteiger partial charge on any atom is -0.479 e. The Labute approximate surface area is 113 Å². The van der Waals surface area contributed by atoms with Crippen molar-refractivity contribution < 1.29 is 14.3 Å². The number of hydrogen-bond donors (Lipinski definition) is 2. The van der Waals surface area contributed by atoms with Crippen molar-refractivity contribution >= 4 is 32.3 Å². The third kappa shape index (κ3) is 3.01. The molecule has 0 radical (unpaired) electrons. The Kier molecular flexibility index (Phi) is 3.86. The molecule has 0 bridgehead atoms. The highest BCUT2D eigenvalue weighted by Crippen LogP contribution is 2.30. The molecule has 96 valence electrons. The Bertz CT molecular complexity index is 490. The second-order valence-electron chi connectivity index (χ2n) is 4.03. The van der Waals surface area contributed by atoms with Crippen LogP contribution < -0.4 is 15.4 Å². The summed E-state index contributed by atoms with van der Waals surface area (Å²) in [5, 5.41) is 5.44. The lowest BCUT2D eigenvalue weighted by molar-refractivity contribution is -0.122. The van der Waals surface area contributed by atoms with E-state index >= 15 is 0 Å². The molecule has 0 saturated carbocycles. The van der Waals surface area contributed by atoms with Gasteiger partial charge in [-0.2, -0.15) is 0 Å². The van der Waals surface area contributed by atoms with Crippen LogP contribution in [0.2, 0.25) is 0 Å². The molecule has 0 aliphatic carbocycles. The van der Waals surface area contributed by atoms with E-state index in [1.54, 1.807) is 6.92 Å². The summed E-state index contributed by atoms with van der Waals surface area (Å²) in [5.74, 6) is 0.531. The Morgan fingerprint density at radius 2 is 2.33 bits per heavy atom. The van der Waals surface area contributed by atoms with Crippen molar-refractivity contribution in [1.82, 2.24) is 5.32 Å². The number of carbonyl (C=O) groups excluding carboxylic acids is 2. The van der Waals surface area contributed by atoms with E-state index in [9.17, 15) is 9.59 Å². The maximum absolute atomic E-state index is 11.5. The van der Waals surface area contributed by atoms with E-state index in [2.05, 4.69) is 26.6 Å². The number of nitrogens with one attached hydrogen (secondary N) is 2. The summed E-state index contributed by atoms with van der Waals surface area (Å²) < 4.78 is 5.45. The van der Waals surface area contributed by atoms with Crippen molar-refractivity contribution in [2.24, 2.45) is 0 Å². The van der Waals surface area contributed by atoms with Gasteiger partial charge < -0.3 is 15.4 Å². The first-order valence-electron chi connectivity index (χ1n) is 5.60. The zero-order valence-electron chi connectivity index (χ0n) is 9.83. The van der Waals surface area contributed by atoms with Crippen molar-refractivity contribution in [2.75, 3.05) is 11.9 Å². The molecule has 5 nitrogen and oxygen atoms in total. The molecule has 1 unspecified atom stereocenters. The first-order chi connectivity index (χ1) is 8.56. The van der Waals surface area contributed by atoms with Crippen LogP contribution in [0.15, 0.2) is 18.2 Å². The van der Waals surface area contributed by atoms with Crippen LogP contribution in [-0.4, -0.2) is 23.4 Å². The fourth-order valence-corrected chi connectivity index (χ4v) is 1.91. The minimum atomic E-state index is -0.462. The van der Waals surface area contributed by atoms with Gasteiger partial charge in [-0.05, 0) is 31.0 Å². The van der Waals surface area contributed by atoms with E-state index in [-0.39, 0.29) is 10.7 Å². The molecule has 1 aliphatic heterocycles. The maximum Gasteiger partial charge on any atom is 0.287 e. The van der Waals surface area contributed by atoms with Crippen LogP contribution in [-0.2, 0) is 11.2 Å². The number of carbonyl (C=O) groups is 2. The average molecular weight is 313 g/mol. The number of fused-ring (bicyclic) bond motifs is 1. The molecule has 1 aromatic rings. The predicted molar refractivity (Wildman–Crippen MR) is 71.2 cm³/mol. The van der Waals surface area contributed by atoms with E-state index in [4.69, 9.17) is 4.74 Å². The van der Waals surface area contributed by atoms with E-state index in [1.807, 2.05) is 18.2 Å². The molecule has 1 atom stereocenters. The van der Waals surface area contributed by atoms with Gasteiger partial charge in [0.25, 0.3) is 10.7 Å². The van der Waals surface area contributed by atoms with Crippen LogP contribution >= 0.6 is 15.9 Å². The topological polar surface area (TPSA) is 67.4 Å². The molecule has 1 aliphatic rings. The third-order valence-electron chi connectivity index (χ3n) is 2.65. The Morgan fingerprint density at radius 3 is 3.06 bits per heavy atom. The van der Waals surface area contributed by atoms with Crippen molar-refractivity contribution in [3.8, 4) is 5.75 Å². The lowest BCUT2D eigenvalue weighted by Crippen LogP contribution is -2.34. The molecule has 1 heterocycles. The lowest BCUT2D eigenvalue weighted by Gasteiger charge is -2.23. The quantitative estimate of drug-likeness (QED) is 0.663. The first-order valence-corrected chi connectivity index (χ1v) is 6.39. The molecule has 0 spiro atoms. The highest BCUT2D eigenvalue weighted by Gasteiger charge is 2.23. The summed E-state index contributed by atoms with van der Waals surface area (Å²) >= 11 is 2.80. The number of rotatable bonds is 3. The zero-order valence-corrected chi connectivity index (χ0v) is 11.4. The van der Waals surface area contributed by atoms with Crippen LogP contribution in [0.3, 0.4) is 0 Å². The van der Waals surface area contributed by atoms with E-state index in [0.29, 0.717) is 24.4 Å². The smallest absolute Gasteiger partial charge is 0.287 e. The van der Waals surface area contributed by atoms with Crippen LogP contribution in [0.4, 0.5) is 10.5 Å². The number of hydrogen-bond acceptors (Lipinski definition) is 3. The van der Waals surface area contributed by atoms with Crippen LogP contribution in [0.1, 0.15) is 12.5 Å². The van der Waals surface area contributed by atoms with Gasteiger partial charge in [0.1, 0.15) is 5.75 Å². The molecule has 2 N–H and O–H groups in total. The zero-order chi connectivity index (χ0) is 13.1. The molecule has 0 saturated heterocycles. The predicted octanol–water partition coefficient (Wildman–Crippen LogP) is 2.05. The summed E-state index contributed by atoms with van der Waals surface area (Å²) in [6.45, 7) is 2.24. The second kappa shape index (κ2) is 5.39. The van der Waals surface area contributed by atoms with E-state index < -0.39 is 6.10 Å². The molecular formula is C12H13BrN2O3. The van der Waals surface area contributed by atoms with E-state index in [1.165, 1.54) is 0 Å². The monoisotopic (exact) mass is 312 g/mol. The normalized spacial score (nSPS) is 17.4. The summed E-state index contributed by atoms with van der Waals surface area (Å²) in [7, 11) is 0. The van der Waals surface area contributed by atoms with Crippen LogP contribution in [0.25, 0.3) is 0 Å². The van der Waals surface area contributed by atoms with Gasteiger partial charge in [0.2, 0.25) is 0 Å². The Hall–Kier alpha value is -1.56. The Balaban J connectivity index is 2.05. The fourth-order valence-electron chi connectivity index (χ4n) is 1.72. The Morgan fingerprint density at radius 1 is 1.56 bits per heavy atom. The van der Waals surface area contributed by atoms with Gasteiger partial charge in [-0.15, -0.1) is 0 Å². The number of ether oxygens (including phenoxy) is 1. The SMILES string of the molecule is CC1Oc2ccc(CCNC(=O)Br)cc2NC1=O. The fraction of sp³-hybridized carbons (Fsp3) is 0.333. The molecule has 6 heteroatoms. The molecule has 18 heavy (non-hydrogen) atoms. The van der Waals surface area contributed by atoms with E-state index in [0.717, 1.165) is 5.56 Å². The summed E-state index contributed by atoms with van der Waals surface area (Å²) in [5.41, 5.74) is 1.70.